The number of nitrogens with one attached hydrogen (secondary N) is 2. The fourth-order valence-electron chi connectivity index (χ4n) is 4.41. The molecule has 10 nitrogen and oxygen atoms in total. The lowest BCUT2D eigenvalue weighted by atomic mass is 10.1. The number of benzene rings is 2. The number of urea groups is 1. The molecule has 0 unspecified atom stereocenters. The SMILES string of the molecule is Cc1ccc(S(=O)(=O)n2cc(CCOC(F)(F)F)c3c(Oc4c(F)cc(NC(=O)NCC5(F)COC5)cc4F)ccnc32)cc1. The van der Waals surface area contributed by atoms with E-state index in [9.17, 15) is 30.8 Å². The van der Waals surface area contributed by atoms with Crippen molar-refractivity contribution < 1.29 is 53.8 Å². The average Bonchev–Trinajstić information content (AvgIpc) is 3.32. The van der Waals surface area contributed by atoms with Gasteiger partial charge in [0.2, 0.25) is 0 Å². The highest BCUT2D eigenvalue weighted by Crippen LogP contribution is 2.37. The van der Waals surface area contributed by atoms with Gasteiger partial charge in [0.1, 0.15) is 5.75 Å². The molecule has 0 spiro atoms. The second kappa shape index (κ2) is 12.2. The standard InChI is InChI=1S/C28H24F6N4O6S/c1-16-2-4-19(5-3-16)45(40,41)38-12-17(7-9-43-28(32,33)34)23-22(6-8-35-25(23)38)44-24-20(29)10-18(11-21(24)30)37-26(39)36-13-27(31)14-42-15-27/h2-6,8,10-12H,7,9,13-15H2,1H3,(H2,36,37,39). The van der Waals surface area contributed by atoms with Gasteiger partial charge in [0.05, 0.1) is 36.6 Å². The number of pyridine rings is 1. The van der Waals surface area contributed by atoms with E-state index in [1.807, 2.05) is 0 Å². The van der Waals surface area contributed by atoms with Crippen molar-refractivity contribution in [1.82, 2.24) is 14.3 Å². The molecular formula is C28H24F6N4O6S. The molecule has 1 saturated heterocycles. The number of aromatic nitrogens is 2. The van der Waals surface area contributed by atoms with E-state index in [0.29, 0.717) is 0 Å². The van der Waals surface area contributed by atoms with Crippen LogP contribution < -0.4 is 15.4 Å². The number of carbonyl (C=O) groups is 1. The molecule has 1 aliphatic rings. The number of hydrogen-bond donors (Lipinski definition) is 2. The summed E-state index contributed by atoms with van der Waals surface area (Å²) in [4.78, 5) is 16.0. The van der Waals surface area contributed by atoms with E-state index in [-0.39, 0.29) is 46.1 Å². The molecule has 1 fully saturated rings. The third-order valence-electron chi connectivity index (χ3n) is 6.67. The molecular weight excluding hydrogens is 634 g/mol. The summed E-state index contributed by atoms with van der Waals surface area (Å²) < 4.78 is 124. The Kier molecular flexibility index (Phi) is 8.70. The molecule has 1 aliphatic heterocycles. The van der Waals surface area contributed by atoms with Gasteiger partial charge in [-0.05, 0) is 37.1 Å². The fourth-order valence-corrected chi connectivity index (χ4v) is 5.75. The summed E-state index contributed by atoms with van der Waals surface area (Å²) >= 11 is 0. The van der Waals surface area contributed by atoms with Crippen molar-refractivity contribution in [2.75, 3.05) is 31.7 Å². The van der Waals surface area contributed by atoms with Crippen LogP contribution in [0.2, 0.25) is 0 Å². The molecule has 0 atom stereocenters. The molecule has 17 heteroatoms. The van der Waals surface area contributed by atoms with E-state index in [0.717, 1.165) is 40.1 Å². The molecule has 4 aromatic rings. The molecule has 0 aliphatic carbocycles. The van der Waals surface area contributed by atoms with Crippen molar-refractivity contribution >= 4 is 32.8 Å². The van der Waals surface area contributed by atoms with Gasteiger partial charge < -0.3 is 20.1 Å². The lowest BCUT2D eigenvalue weighted by Crippen LogP contribution is -2.54. The highest BCUT2D eigenvalue weighted by atomic mass is 32.2. The van der Waals surface area contributed by atoms with Crippen LogP contribution in [0.4, 0.5) is 36.8 Å². The normalized spacial score (nSPS) is 14.6. The molecule has 3 heterocycles. The summed E-state index contributed by atoms with van der Waals surface area (Å²) in [5.41, 5.74) is -1.63. The van der Waals surface area contributed by atoms with E-state index in [4.69, 9.17) is 9.47 Å². The quantitative estimate of drug-likeness (QED) is 0.213. The van der Waals surface area contributed by atoms with Crippen LogP contribution in [0.5, 0.6) is 11.5 Å². The van der Waals surface area contributed by atoms with Crippen molar-refractivity contribution in [2.24, 2.45) is 0 Å². The Morgan fingerprint density at radius 2 is 1.78 bits per heavy atom. The summed E-state index contributed by atoms with van der Waals surface area (Å²) in [5, 5.41) is 4.26. The minimum atomic E-state index is -4.97. The number of fused-ring (bicyclic) bond motifs is 1. The smallest absolute Gasteiger partial charge is 0.450 e. The van der Waals surface area contributed by atoms with E-state index in [1.54, 1.807) is 19.1 Å². The average molecular weight is 659 g/mol. The zero-order valence-corrected chi connectivity index (χ0v) is 24.1. The first-order valence-corrected chi connectivity index (χ1v) is 14.6. The Morgan fingerprint density at radius 3 is 2.38 bits per heavy atom. The van der Waals surface area contributed by atoms with Crippen molar-refractivity contribution in [1.29, 1.82) is 0 Å². The lowest BCUT2D eigenvalue weighted by molar-refractivity contribution is -0.324. The number of alkyl halides is 4. The zero-order chi connectivity index (χ0) is 32.6. The number of anilines is 1. The monoisotopic (exact) mass is 658 g/mol. The maximum Gasteiger partial charge on any atom is 0.522 e. The van der Waals surface area contributed by atoms with Crippen LogP contribution in [0.25, 0.3) is 11.0 Å². The van der Waals surface area contributed by atoms with Gasteiger partial charge in [-0.15, -0.1) is 13.2 Å². The summed E-state index contributed by atoms with van der Waals surface area (Å²) in [6.45, 7) is 0.0295. The molecule has 2 N–H and O–H groups in total. The predicted molar refractivity (Wildman–Crippen MR) is 147 cm³/mol. The maximum absolute atomic E-state index is 15.1. The molecule has 2 amide bonds. The third kappa shape index (κ3) is 7.15. The molecule has 240 valence electrons. The van der Waals surface area contributed by atoms with E-state index < -0.39 is 65.0 Å². The first-order valence-electron chi connectivity index (χ1n) is 13.2. The Hall–Kier alpha value is -4.35. The van der Waals surface area contributed by atoms with Gasteiger partial charge >= 0.3 is 12.4 Å². The molecule has 45 heavy (non-hydrogen) atoms. The van der Waals surface area contributed by atoms with Crippen LogP contribution in [0, 0.1) is 18.6 Å². The van der Waals surface area contributed by atoms with Crippen LogP contribution in [-0.4, -0.2) is 61.8 Å². The van der Waals surface area contributed by atoms with Gasteiger partial charge in [-0.25, -0.2) is 35.3 Å². The van der Waals surface area contributed by atoms with E-state index in [1.165, 1.54) is 12.1 Å². The number of halogens is 6. The number of ether oxygens (including phenoxy) is 3. The molecule has 2 aromatic carbocycles. The van der Waals surface area contributed by atoms with Crippen molar-refractivity contribution in [3.63, 3.8) is 0 Å². The number of rotatable bonds is 10. The van der Waals surface area contributed by atoms with E-state index >= 15 is 8.78 Å². The third-order valence-corrected chi connectivity index (χ3v) is 8.33. The van der Waals surface area contributed by atoms with Crippen LogP contribution in [0.3, 0.4) is 0 Å². The van der Waals surface area contributed by atoms with Gasteiger partial charge in [0.15, 0.2) is 28.7 Å². The summed E-state index contributed by atoms with van der Waals surface area (Å²) in [6, 6.07) is 7.42. The zero-order valence-electron chi connectivity index (χ0n) is 23.3. The Labute approximate surface area is 252 Å². The minimum absolute atomic E-state index is 0.0358. The first kappa shape index (κ1) is 32.1. The Morgan fingerprint density at radius 1 is 1.11 bits per heavy atom. The minimum Gasteiger partial charge on any atom is -0.450 e. The second-order valence-corrected chi connectivity index (χ2v) is 12.0. The van der Waals surface area contributed by atoms with Gasteiger partial charge in [-0.3, -0.25) is 4.74 Å². The Balaban J connectivity index is 1.47. The molecule has 0 radical (unpaired) electrons. The summed E-state index contributed by atoms with van der Waals surface area (Å²) in [5.74, 6) is -3.88. The second-order valence-electron chi connectivity index (χ2n) is 10.1. The van der Waals surface area contributed by atoms with Gasteiger partial charge in [0.25, 0.3) is 10.0 Å². The predicted octanol–water partition coefficient (Wildman–Crippen LogP) is 5.59. The molecule has 0 bridgehead atoms. The number of aryl methyl sites for hydroxylation is 1. The van der Waals surface area contributed by atoms with Crippen LogP contribution >= 0.6 is 0 Å². The van der Waals surface area contributed by atoms with Crippen LogP contribution in [0.15, 0.2) is 59.8 Å². The highest BCUT2D eigenvalue weighted by molar-refractivity contribution is 7.90. The number of nitrogens with zero attached hydrogens (tertiary/aromatic N) is 2. The lowest BCUT2D eigenvalue weighted by Gasteiger charge is -2.33. The summed E-state index contributed by atoms with van der Waals surface area (Å²) in [6.07, 6.45) is -3.32. The van der Waals surface area contributed by atoms with Gasteiger partial charge in [-0.2, -0.15) is 0 Å². The van der Waals surface area contributed by atoms with Gasteiger partial charge in [0, 0.05) is 30.2 Å². The van der Waals surface area contributed by atoms with E-state index in [2.05, 4.69) is 20.4 Å². The van der Waals surface area contributed by atoms with Crippen molar-refractivity contribution in [3.8, 4) is 11.5 Å². The molecule has 0 saturated carbocycles. The first-order chi connectivity index (χ1) is 21.1. The number of carbonyl (C=O) groups excluding carboxylic acids is 1. The van der Waals surface area contributed by atoms with Gasteiger partial charge in [-0.1, -0.05) is 17.7 Å². The number of hydrogen-bond acceptors (Lipinski definition) is 7. The van der Waals surface area contributed by atoms with Crippen LogP contribution in [0.1, 0.15) is 11.1 Å². The fraction of sp³-hybridized carbons (Fsp3) is 0.286. The maximum atomic E-state index is 15.1. The summed E-state index contributed by atoms with van der Waals surface area (Å²) in [7, 11) is -4.34. The number of amides is 2. The topological polar surface area (TPSA) is 121 Å². The highest BCUT2D eigenvalue weighted by Gasteiger charge is 2.39. The van der Waals surface area contributed by atoms with Crippen LogP contribution in [-0.2, 0) is 25.9 Å². The van der Waals surface area contributed by atoms with Crippen molar-refractivity contribution in [3.05, 3.63) is 77.6 Å². The largest absolute Gasteiger partial charge is 0.522 e. The molecule has 2 aromatic heterocycles. The molecule has 5 rings (SSSR count). The van der Waals surface area contributed by atoms with Crippen molar-refractivity contribution in [2.45, 2.75) is 30.3 Å². The Bertz CT molecular complexity index is 1820.